The Labute approximate surface area is 68.9 Å². The van der Waals surface area contributed by atoms with Gasteiger partial charge in [-0.3, -0.25) is 0 Å². The second kappa shape index (κ2) is 2.99. The summed E-state index contributed by atoms with van der Waals surface area (Å²) >= 11 is 0. The molecule has 1 N–H and O–H groups in total. The van der Waals surface area contributed by atoms with Crippen LogP contribution in [-0.2, 0) is 4.74 Å². The van der Waals surface area contributed by atoms with Gasteiger partial charge in [0.15, 0.2) is 6.29 Å². The van der Waals surface area contributed by atoms with Crippen LogP contribution >= 0.6 is 0 Å². The monoisotopic (exact) mass is 172 g/mol. The molecule has 1 aliphatic rings. The molecule has 0 radical (unpaired) electrons. The Balaban J connectivity index is 2.65. The summed E-state index contributed by atoms with van der Waals surface area (Å²) in [6.07, 6.45) is 3.27. The molecular weight excluding hydrogens is 156 g/mol. The van der Waals surface area contributed by atoms with Gasteiger partial charge in [-0.2, -0.15) is 0 Å². The van der Waals surface area contributed by atoms with Gasteiger partial charge in [0.05, 0.1) is 5.38 Å². The molecule has 1 unspecified atom stereocenters. The van der Waals surface area contributed by atoms with E-state index in [1.165, 1.54) is 0 Å². The number of aliphatic hydroxyl groups excluding tert-OH is 1. The Morgan fingerprint density at radius 2 is 2.18 bits per heavy atom. The Morgan fingerprint density at radius 1 is 1.55 bits per heavy atom. The maximum Gasteiger partial charge on any atom is 0.196 e. The Morgan fingerprint density at radius 3 is 2.55 bits per heavy atom. The molecule has 0 fully saturated rings. The third-order valence-electron chi connectivity index (χ3n) is 1.75. The van der Waals surface area contributed by atoms with E-state index in [1.54, 1.807) is 0 Å². The highest BCUT2D eigenvalue weighted by molar-refractivity contribution is 6.82. The van der Waals surface area contributed by atoms with Crippen molar-refractivity contribution in [1.29, 1.82) is 0 Å². The molecule has 0 saturated heterocycles. The van der Waals surface area contributed by atoms with E-state index < -0.39 is 14.4 Å². The van der Waals surface area contributed by atoms with Gasteiger partial charge in [-0.15, -0.1) is 0 Å². The summed E-state index contributed by atoms with van der Waals surface area (Å²) in [7, 11) is -1.32. The maximum atomic E-state index is 9.20. The molecule has 2 nitrogen and oxygen atoms in total. The summed E-state index contributed by atoms with van der Waals surface area (Å²) < 4.78 is 5.33. The summed E-state index contributed by atoms with van der Waals surface area (Å²) in [5.41, 5.74) is 0. The van der Waals surface area contributed by atoms with E-state index in [4.69, 9.17) is 4.74 Å². The Hall–Kier alpha value is -0.283. The molecule has 0 amide bonds. The normalized spacial score (nSPS) is 25.8. The van der Waals surface area contributed by atoms with E-state index in [0.29, 0.717) is 0 Å². The van der Waals surface area contributed by atoms with E-state index in [2.05, 4.69) is 25.7 Å². The van der Waals surface area contributed by atoms with Crippen LogP contribution < -0.4 is 0 Å². The van der Waals surface area contributed by atoms with Gasteiger partial charge in [-0.25, -0.2) is 0 Å². The quantitative estimate of drug-likeness (QED) is 0.612. The van der Waals surface area contributed by atoms with Crippen LogP contribution in [0.15, 0.2) is 11.5 Å². The highest BCUT2D eigenvalue weighted by atomic mass is 28.3. The topological polar surface area (TPSA) is 29.5 Å². The SMILES string of the molecule is C[Si](C)(C)C1=CCCC(O)O1. The smallest absolute Gasteiger partial charge is 0.196 e. The third-order valence-corrected chi connectivity index (χ3v) is 3.55. The van der Waals surface area contributed by atoms with Crippen molar-refractivity contribution in [2.75, 3.05) is 0 Å². The van der Waals surface area contributed by atoms with Crippen molar-refractivity contribution in [3.63, 3.8) is 0 Å². The molecule has 3 heteroatoms. The number of allylic oxidation sites excluding steroid dienone is 1. The standard InChI is InChI=1S/C8H16O2Si/c1-11(2,3)8-6-4-5-7(9)10-8/h6-7,9H,4-5H2,1-3H3. The van der Waals surface area contributed by atoms with Gasteiger partial charge in [0, 0.05) is 6.42 Å². The summed E-state index contributed by atoms with van der Waals surface area (Å²) in [4.78, 5) is 0. The van der Waals surface area contributed by atoms with Crippen LogP contribution in [0.2, 0.25) is 19.6 Å². The number of hydrogen-bond donors (Lipinski definition) is 1. The van der Waals surface area contributed by atoms with Crippen molar-refractivity contribution in [2.45, 2.75) is 38.8 Å². The number of aliphatic hydroxyl groups is 1. The fourth-order valence-corrected chi connectivity index (χ4v) is 2.34. The van der Waals surface area contributed by atoms with Crippen LogP contribution in [0.5, 0.6) is 0 Å². The second-order valence-electron chi connectivity index (χ2n) is 3.97. The lowest BCUT2D eigenvalue weighted by Crippen LogP contribution is -2.31. The van der Waals surface area contributed by atoms with E-state index in [1.807, 2.05) is 0 Å². The van der Waals surface area contributed by atoms with Crippen molar-refractivity contribution in [2.24, 2.45) is 0 Å². The minimum absolute atomic E-state index is 0.554. The summed E-state index contributed by atoms with van der Waals surface area (Å²) in [5.74, 6) is 0. The van der Waals surface area contributed by atoms with Crippen molar-refractivity contribution in [1.82, 2.24) is 0 Å². The first-order chi connectivity index (χ1) is 5.00. The van der Waals surface area contributed by atoms with Gasteiger partial charge in [-0.05, 0) is 6.42 Å². The van der Waals surface area contributed by atoms with Crippen LogP contribution in [0.1, 0.15) is 12.8 Å². The van der Waals surface area contributed by atoms with Crippen molar-refractivity contribution < 1.29 is 9.84 Å². The van der Waals surface area contributed by atoms with Gasteiger partial charge in [-0.1, -0.05) is 25.7 Å². The lowest BCUT2D eigenvalue weighted by molar-refractivity contribution is -0.0693. The molecule has 0 aromatic heterocycles. The number of ether oxygens (including phenoxy) is 1. The molecule has 1 heterocycles. The molecule has 1 aliphatic heterocycles. The van der Waals surface area contributed by atoms with Gasteiger partial charge in [0.2, 0.25) is 0 Å². The molecule has 0 spiro atoms. The minimum Gasteiger partial charge on any atom is -0.475 e. The van der Waals surface area contributed by atoms with Crippen molar-refractivity contribution in [3.05, 3.63) is 11.5 Å². The second-order valence-corrected chi connectivity index (χ2v) is 8.96. The third kappa shape index (κ3) is 2.34. The van der Waals surface area contributed by atoms with E-state index in [9.17, 15) is 5.11 Å². The van der Waals surface area contributed by atoms with Crippen LogP contribution in [-0.4, -0.2) is 19.5 Å². The Kier molecular flexibility index (Phi) is 2.39. The van der Waals surface area contributed by atoms with Gasteiger partial charge in [0.1, 0.15) is 8.07 Å². The van der Waals surface area contributed by atoms with Crippen molar-refractivity contribution >= 4 is 8.07 Å². The lowest BCUT2D eigenvalue weighted by atomic mass is 10.3. The fourth-order valence-electron chi connectivity index (χ4n) is 1.09. The minimum atomic E-state index is -1.32. The van der Waals surface area contributed by atoms with Crippen LogP contribution in [0.3, 0.4) is 0 Å². The largest absolute Gasteiger partial charge is 0.475 e. The molecule has 0 bridgehead atoms. The average Bonchev–Trinajstić information content (AvgIpc) is 1.86. The maximum absolute atomic E-state index is 9.20. The molecule has 1 rings (SSSR count). The molecule has 64 valence electrons. The van der Waals surface area contributed by atoms with E-state index in [-0.39, 0.29) is 0 Å². The fraction of sp³-hybridized carbons (Fsp3) is 0.750. The summed E-state index contributed by atoms with van der Waals surface area (Å²) in [6, 6.07) is 0. The lowest BCUT2D eigenvalue weighted by Gasteiger charge is -2.27. The first-order valence-electron chi connectivity index (χ1n) is 4.05. The molecule has 11 heavy (non-hydrogen) atoms. The van der Waals surface area contributed by atoms with Crippen molar-refractivity contribution in [3.8, 4) is 0 Å². The zero-order chi connectivity index (χ0) is 8.48. The van der Waals surface area contributed by atoms with Crippen LogP contribution in [0.25, 0.3) is 0 Å². The Bertz CT molecular complexity index is 169. The van der Waals surface area contributed by atoms with Crippen LogP contribution in [0.4, 0.5) is 0 Å². The zero-order valence-corrected chi connectivity index (χ0v) is 8.42. The molecule has 0 aliphatic carbocycles. The predicted molar refractivity (Wildman–Crippen MR) is 47.8 cm³/mol. The first kappa shape index (κ1) is 8.81. The average molecular weight is 172 g/mol. The molecule has 0 saturated carbocycles. The van der Waals surface area contributed by atoms with Crippen LogP contribution in [0, 0.1) is 0 Å². The molecule has 1 atom stereocenters. The molecular formula is C8H16O2Si. The zero-order valence-electron chi connectivity index (χ0n) is 7.42. The summed E-state index contributed by atoms with van der Waals surface area (Å²) in [6.45, 7) is 6.66. The summed E-state index contributed by atoms with van der Waals surface area (Å²) in [5, 5.41) is 10.3. The van der Waals surface area contributed by atoms with E-state index in [0.717, 1.165) is 18.2 Å². The highest BCUT2D eigenvalue weighted by Crippen LogP contribution is 2.23. The van der Waals surface area contributed by atoms with Gasteiger partial charge in [0.25, 0.3) is 0 Å². The van der Waals surface area contributed by atoms with Gasteiger partial charge >= 0.3 is 0 Å². The predicted octanol–water partition coefficient (Wildman–Crippen LogP) is 1.88. The van der Waals surface area contributed by atoms with Gasteiger partial charge < -0.3 is 9.84 Å². The molecule has 0 aromatic rings. The number of rotatable bonds is 1. The first-order valence-corrected chi connectivity index (χ1v) is 7.55. The highest BCUT2D eigenvalue weighted by Gasteiger charge is 2.25. The molecule has 0 aromatic carbocycles. The van der Waals surface area contributed by atoms with E-state index >= 15 is 0 Å². The number of hydrogen-bond acceptors (Lipinski definition) is 2.